The van der Waals surface area contributed by atoms with Crippen molar-refractivity contribution in [2.75, 3.05) is 19.6 Å². The van der Waals surface area contributed by atoms with E-state index >= 15 is 0 Å². The first-order chi connectivity index (χ1) is 10.3. The molecule has 3 rings (SSSR count). The summed E-state index contributed by atoms with van der Waals surface area (Å²) in [4.78, 5) is 14.8. The lowest BCUT2D eigenvalue weighted by Crippen LogP contribution is -2.46. The SMILES string of the molecule is O=C(CC1CCCCCC1)N1CCCC(C2CCCN2)C1. The summed E-state index contributed by atoms with van der Waals surface area (Å²) in [7, 11) is 0. The fourth-order valence-corrected chi connectivity index (χ4v) is 4.62. The van der Waals surface area contributed by atoms with Gasteiger partial charge in [0, 0.05) is 25.6 Å². The van der Waals surface area contributed by atoms with Gasteiger partial charge in [-0.05, 0) is 56.9 Å². The Kier molecular flexibility index (Phi) is 5.56. The van der Waals surface area contributed by atoms with E-state index < -0.39 is 0 Å². The maximum absolute atomic E-state index is 12.6. The highest BCUT2D eigenvalue weighted by molar-refractivity contribution is 5.76. The van der Waals surface area contributed by atoms with Gasteiger partial charge in [0.1, 0.15) is 0 Å². The van der Waals surface area contributed by atoms with Crippen LogP contribution < -0.4 is 5.32 Å². The normalized spacial score (nSPS) is 32.1. The molecule has 2 atom stereocenters. The summed E-state index contributed by atoms with van der Waals surface area (Å²) in [5, 5.41) is 3.64. The lowest BCUT2D eigenvalue weighted by molar-refractivity contribution is -0.134. The molecule has 3 aliphatic rings. The zero-order chi connectivity index (χ0) is 14.5. The number of nitrogens with zero attached hydrogens (tertiary/aromatic N) is 1. The van der Waals surface area contributed by atoms with Crippen molar-refractivity contribution in [3.05, 3.63) is 0 Å². The molecule has 2 aliphatic heterocycles. The van der Waals surface area contributed by atoms with E-state index in [9.17, 15) is 4.79 Å². The first-order valence-electron chi connectivity index (χ1n) is 9.34. The summed E-state index contributed by atoms with van der Waals surface area (Å²) < 4.78 is 0. The fraction of sp³-hybridized carbons (Fsp3) is 0.944. The second kappa shape index (κ2) is 7.62. The summed E-state index contributed by atoms with van der Waals surface area (Å²) in [5.74, 6) is 1.83. The highest BCUT2D eigenvalue weighted by Crippen LogP contribution is 2.28. The van der Waals surface area contributed by atoms with Gasteiger partial charge in [-0.25, -0.2) is 0 Å². The molecule has 0 bridgehead atoms. The van der Waals surface area contributed by atoms with Crippen molar-refractivity contribution in [1.82, 2.24) is 10.2 Å². The summed E-state index contributed by atoms with van der Waals surface area (Å²) in [6.45, 7) is 3.20. The zero-order valence-corrected chi connectivity index (χ0v) is 13.5. The molecule has 2 unspecified atom stereocenters. The van der Waals surface area contributed by atoms with Crippen molar-refractivity contribution in [1.29, 1.82) is 0 Å². The monoisotopic (exact) mass is 292 g/mol. The number of nitrogens with one attached hydrogen (secondary N) is 1. The van der Waals surface area contributed by atoms with Crippen LogP contribution in [-0.4, -0.2) is 36.5 Å². The average Bonchev–Trinajstić information content (AvgIpc) is 2.93. The van der Waals surface area contributed by atoms with E-state index in [1.54, 1.807) is 0 Å². The number of rotatable bonds is 3. The highest BCUT2D eigenvalue weighted by atomic mass is 16.2. The maximum atomic E-state index is 12.6. The molecule has 3 heteroatoms. The number of likely N-dealkylation sites (tertiary alicyclic amines) is 1. The molecule has 2 heterocycles. The zero-order valence-electron chi connectivity index (χ0n) is 13.5. The van der Waals surface area contributed by atoms with E-state index in [2.05, 4.69) is 10.2 Å². The van der Waals surface area contributed by atoms with E-state index in [1.807, 2.05) is 0 Å². The molecule has 1 amide bonds. The number of hydrogen-bond donors (Lipinski definition) is 1. The molecule has 3 fully saturated rings. The first-order valence-corrected chi connectivity index (χ1v) is 9.34. The Morgan fingerprint density at radius 2 is 1.76 bits per heavy atom. The highest BCUT2D eigenvalue weighted by Gasteiger charge is 2.31. The Bertz CT molecular complexity index is 330. The van der Waals surface area contributed by atoms with Crippen molar-refractivity contribution >= 4 is 5.91 Å². The second-order valence-electron chi connectivity index (χ2n) is 7.51. The average molecular weight is 292 g/mol. The number of piperidine rings is 1. The van der Waals surface area contributed by atoms with Crippen LogP contribution >= 0.6 is 0 Å². The summed E-state index contributed by atoms with van der Waals surface area (Å²) in [5.41, 5.74) is 0. The Hall–Kier alpha value is -0.570. The van der Waals surface area contributed by atoms with Crippen LogP contribution in [0.4, 0.5) is 0 Å². The molecule has 0 spiro atoms. The maximum Gasteiger partial charge on any atom is 0.222 e. The van der Waals surface area contributed by atoms with Crippen molar-refractivity contribution in [3.8, 4) is 0 Å². The minimum absolute atomic E-state index is 0.449. The smallest absolute Gasteiger partial charge is 0.222 e. The van der Waals surface area contributed by atoms with Gasteiger partial charge in [0.25, 0.3) is 0 Å². The minimum atomic E-state index is 0.449. The lowest BCUT2D eigenvalue weighted by Gasteiger charge is -2.36. The Morgan fingerprint density at radius 1 is 0.952 bits per heavy atom. The third-order valence-corrected chi connectivity index (χ3v) is 5.92. The van der Waals surface area contributed by atoms with Crippen LogP contribution in [-0.2, 0) is 4.79 Å². The predicted molar refractivity (Wildman–Crippen MR) is 86.1 cm³/mol. The van der Waals surface area contributed by atoms with Crippen molar-refractivity contribution in [2.24, 2.45) is 11.8 Å². The molecule has 0 aromatic heterocycles. The predicted octanol–water partition coefficient (Wildman–Crippen LogP) is 3.34. The van der Waals surface area contributed by atoms with Crippen LogP contribution in [0, 0.1) is 11.8 Å². The van der Waals surface area contributed by atoms with Crippen molar-refractivity contribution in [2.45, 2.75) is 76.7 Å². The van der Waals surface area contributed by atoms with E-state index in [0.29, 0.717) is 23.8 Å². The molecule has 1 aliphatic carbocycles. The molecule has 0 aromatic carbocycles. The molecule has 1 N–H and O–H groups in total. The van der Waals surface area contributed by atoms with Gasteiger partial charge in [-0.1, -0.05) is 25.7 Å². The van der Waals surface area contributed by atoms with Crippen LogP contribution in [0.25, 0.3) is 0 Å². The molecule has 0 radical (unpaired) electrons. The van der Waals surface area contributed by atoms with E-state index in [4.69, 9.17) is 0 Å². The number of amides is 1. The molecule has 120 valence electrons. The second-order valence-corrected chi connectivity index (χ2v) is 7.51. The minimum Gasteiger partial charge on any atom is -0.342 e. The van der Waals surface area contributed by atoms with Gasteiger partial charge in [-0.3, -0.25) is 4.79 Å². The Balaban J connectivity index is 1.49. The summed E-state index contributed by atoms with van der Waals surface area (Å²) >= 11 is 0. The van der Waals surface area contributed by atoms with Crippen LogP contribution in [0.15, 0.2) is 0 Å². The molecule has 2 saturated heterocycles. The van der Waals surface area contributed by atoms with Gasteiger partial charge in [-0.2, -0.15) is 0 Å². The first kappa shape index (κ1) is 15.3. The van der Waals surface area contributed by atoms with Gasteiger partial charge in [0.15, 0.2) is 0 Å². The van der Waals surface area contributed by atoms with Crippen LogP contribution in [0.3, 0.4) is 0 Å². The topological polar surface area (TPSA) is 32.3 Å². The van der Waals surface area contributed by atoms with Gasteiger partial charge < -0.3 is 10.2 Å². The van der Waals surface area contributed by atoms with Crippen molar-refractivity contribution < 1.29 is 4.79 Å². The molecule has 0 aromatic rings. The molecule has 3 nitrogen and oxygen atoms in total. The summed E-state index contributed by atoms with van der Waals surface area (Å²) in [6, 6.07) is 0.679. The number of carbonyl (C=O) groups excluding carboxylic acids is 1. The largest absolute Gasteiger partial charge is 0.342 e. The van der Waals surface area contributed by atoms with Gasteiger partial charge >= 0.3 is 0 Å². The quantitative estimate of drug-likeness (QED) is 0.809. The van der Waals surface area contributed by atoms with Crippen molar-refractivity contribution in [3.63, 3.8) is 0 Å². The van der Waals surface area contributed by atoms with E-state index in [0.717, 1.165) is 19.5 Å². The third kappa shape index (κ3) is 4.21. The van der Waals surface area contributed by atoms with Gasteiger partial charge in [0.05, 0.1) is 0 Å². The molecule has 21 heavy (non-hydrogen) atoms. The standard InChI is InChI=1S/C18H32N2O/c21-18(13-15-7-3-1-2-4-8-15)20-12-6-9-16(14-20)17-10-5-11-19-17/h15-17,19H,1-14H2. The van der Waals surface area contributed by atoms with Crippen LogP contribution in [0.1, 0.15) is 70.6 Å². The third-order valence-electron chi connectivity index (χ3n) is 5.92. The molecule has 1 saturated carbocycles. The van der Waals surface area contributed by atoms with Crippen LogP contribution in [0.5, 0.6) is 0 Å². The Labute approximate surface area is 129 Å². The van der Waals surface area contributed by atoms with Gasteiger partial charge in [-0.15, -0.1) is 0 Å². The number of carbonyl (C=O) groups is 1. The van der Waals surface area contributed by atoms with E-state index in [1.165, 1.54) is 70.8 Å². The van der Waals surface area contributed by atoms with Gasteiger partial charge in [0.2, 0.25) is 5.91 Å². The van der Waals surface area contributed by atoms with Crippen LogP contribution in [0.2, 0.25) is 0 Å². The molecular weight excluding hydrogens is 260 g/mol. The van der Waals surface area contributed by atoms with E-state index in [-0.39, 0.29) is 0 Å². The fourth-order valence-electron chi connectivity index (χ4n) is 4.62. The molecular formula is C18H32N2O. The lowest BCUT2D eigenvalue weighted by atomic mass is 9.89. The summed E-state index contributed by atoms with van der Waals surface area (Å²) in [6.07, 6.45) is 14.0. The Morgan fingerprint density at radius 3 is 2.48 bits per heavy atom. The number of hydrogen-bond acceptors (Lipinski definition) is 2.